The summed E-state index contributed by atoms with van der Waals surface area (Å²) in [7, 11) is 2.90. The molecule has 2 aromatic heterocycles. The molecule has 0 aliphatic rings. The first-order valence-corrected chi connectivity index (χ1v) is 7.54. The molecule has 1 aromatic carbocycles. The van der Waals surface area contributed by atoms with Gasteiger partial charge in [0, 0.05) is 14.1 Å². The monoisotopic (exact) mass is 343 g/mol. The highest BCUT2D eigenvalue weighted by Crippen LogP contribution is 2.05. The summed E-state index contributed by atoms with van der Waals surface area (Å²) in [6.45, 7) is 0.0757. The van der Waals surface area contributed by atoms with E-state index in [1.165, 1.54) is 29.6 Å². The lowest BCUT2D eigenvalue weighted by Crippen LogP contribution is -2.38. The first kappa shape index (κ1) is 16.7. The Balaban J connectivity index is 1.74. The molecular formula is C16H17N5O4. The summed E-state index contributed by atoms with van der Waals surface area (Å²) < 4.78 is 3.62. The van der Waals surface area contributed by atoms with E-state index in [0.29, 0.717) is 0 Å². The first-order valence-electron chi connectivity index (χ1n) is 7.54. The Morgan fingerprint density at radius 3 is 2.60 bits per heavy atom. The van der Waals surface area contributed by atoms with E-state index < -0.39 is 17.2 Å². The number of nitrogens with zero attached hydrogens (tertiary/aromatic N) is 4. The summed E-state index contributed by atoms with van der Waals surface area (Å²) >= 11 is 0. The number of imidazole rings is 1. The quantitative estimate of drug-likeness (QED) is 0.640. The summed E-state index contributed by atoms with van der Waals surface area (Å²) in [5, 5.41) is 0. The lowest BCUT2D eigenvalue weighted by atomic mass is 10.2. The van der Waals surface area contributed by atoms with E-state index in [-0.39, 0.29) is 24.3 Å². The number of carbonyl (C=O) groups excluding carboxylic acids is 1. The van der Waals surface area contributed by atoms with Crippen LogP contribution in [0, 0.1) is 0 Å². The molecule has 130 valence electrons. The zero-order chi connectivity index (χ0) is 18.0. The molecule has 0 bridgehead atoms. The van der Waals surface area contributed by atoms with Gasteiger partial charge in [-0.2, -0.15) is 0 Å². The Morgan fingerprint density at radius 1 is 1.16 bits per heavy atom. The highest BCUT2D eigenvalue weighted by Gasteiger charge is 2.15. The van der Waals surface area contributed by atoms with Crippen molar-refractivity contribution in [2.45, 2.75) is 13.2 Å². The van der Waals surface area contributed by atoms with Gasteiger partial charge in [0.15, 0.2) is 11.2 Å². The minimum Gasteiger partial charge on any atom is -0.315 e. The number of nitrogens with one attached hydrogen (secondary N) is 1. The largest absolute Gasteiger partial charge is 0.332 e. The number of carbonyl (C=O) groups is 1. The second-order valence-electron chi connectivity index (χ2n) is 5.55. The molecular weight excluding hydrogens is 326 g/mol. The van der Waals surface area contributed by atoms with E-state index in [0.717, 1.165) is 10.1 Å². The fourth-order valence-corrected chi connectivity index (χ4v) is 2.48. The van der Waals surface area contributed by atoms with E-state index in [1.54, 1.807) is 0 Å². The van der Waals surface area contributed by atoms with Gasteiger partial charge in [-0.05, 0) is 5.56 Å². The number of rotatable bonds is 5. The van der Waals surface area contributed by atoms with Crippen molar-refractivity contribution in [2.75, 3.05) is 0 Å². The Morgan fingerprint density at radius 2 is 1.88 bits per heavy atom. The van der Waals surface area contributed by atoms with Gasteiger partial charge in [-0.3, -0.25) is 23.6 Å². The maximum absolute atomic E-state index is 12.3. The van der Waals surface area contributed by atoms with Crippen LogP contribution < -0.4 is 16.7 Å². The van der Waals surface area contributed by atoms with Crippen molar-refractivity contribution in [2.24, 2.45) is 14.1 Å². The summed E-state index contributed by atoms with van der Waals surface area (Å²) in [5.74, 6) is -0.439. The van der Waals surface area contributed by atoms with Crippen molar-refractivity contribution in [3.63, 3.8) is 0 Å². The molecule has 0 aliphatic carbocycles. The SMILES string of the molecule is Cn1c(=O)c2c(ncn2CC(=O)NOCc2ccccc2)n(C)c1=O. The van der Waals surface area contributed by atoms with E-state index in [9.17, 15) is 14.4 Å². The van der Waals surface area contributed by atoms with Crippen LogP contribution in [0.3, 0.4) is 0 Å². The third-order valence-electron chi connectivity index (χ3n) is 3.80. The van der Waals surface area contributed by atoms with E-state index in [4.69, 9.17) is 4.84 Å². The van der Waals surface area contributed by atoms with Crippen LogP contribution in [-0.2, 0) is 36.9 Å². The van der Waals surface area contributed by atoms with Crippen molar-refractivity contribution in [3.8, 4) is 0 Å². The van der Waals surface area contributed by atoms with Gasteiger partial charge < -0.3 is 4.57 Å². The predicted octanol–water partition coefficient (Wildman–Crippen LogP) is -0.318. The molecule has 3 aromatic rings. The van der Waals surface area contributed by atoms with Gasteiger partial charge in [0.25, 0.3) is 11.5 Å². The zero-order valence-electron chi connectivity index (χ0n) is 13.8. The van der Waals surface area contributed by atoms with Gasteiger partial charge in [0.2, 0.25) is 0 Å². The van der Waals surface area contributed by atoms with Crippen LogP contribution in [0.1, 0.15) is 5.56 Å². The summed E-state index contributed by atoms with van der Waals surface area (Å²) in [4.78, 5) is 45.4. The van der Waals surface area contributed by atoms with Gasteiger partial charge in [-0.15, -0.1) is 0 Å². The summed E-state index contributed by atoms with van der Waals surface area (Å²) in [5.41, 5.74) is 2.68. The van der Waals surface area contributed by atoms with E-state index in [1.807, 2.05) is 30.3 Å². The Kier molecular flexibility index (Phi) is 4.48. The Hall–Kier alpha value is -3.20. The topological polar surface area (TPSA) is 100 Å². The molecule has 3 rings (SSSR count). The molecule has 25 heavy (non-hydrogen) atoms. The number of amides is 1. The fourth-order valence-electron chi connectivity index (χ4n) is 2.48. The van der Waals surface area contributed by atoms with Gasteiger partial charge in [-0.1, -0.05) is 30.3 Å². The van der Waals surface area contributed by atoms with Crippen molar-refractivity contribution < 1.29 is 9.63 Å². The first-order chi connectivity index (χ1) is 12.0. The lowest BCUT2D eigenvalue weighted by Gasteiger charge is -2.08. The maximum Gasteiger partial charge on any atom is 0.332 e. The average molecular weight is 343 g/mol. The third kappa shape index (κ3) is 3.22. The number of aromatic nitrogens is 4. The van der Waals surface area contributed by atoms with Crippen LogP contribution in [0.2, 0.25) is 0 Å². The van der Waals surface area contributed by atoms with Crippen LogP contribution in [0.15, 0.2) is 46.2 Å². The van der Waals surface area contributed by atoms with Crippen LogP contribution in [0.5, 0.6) is 0 Å². The molecule has 0 saturated heterocycles. The molecule has 0 unspecified atom stereocenters. The summed E-state index contributed by atoms with van der Waals surface area (Å²) in [6, 6.07) is 9.38. The van der Waals surface area contributed by atoms with Crippen LogP contribution in [0.4, 0.5) is 0 Å². The molecule has 1 N–H and O–H groups in total. The molecule has 0 fully saturated rings. The maximum atomic E-state index is 12.3. The normalized spacial score (nSPS) is 11.0. The van der Waals surface area contributed by atoms with Crippen LogP contribution in [-0.4, -0.2) is 24.6 Å². The van der Waals surface area contributed by atoms with E-state index in [2.05, 4.69) is 10.5 Å². The molecule has 2 heterocycles. The number of hydrogen-bond acceptors (Lipinski definition) is 5. The number of hydrogen-bond donors (Lipinski definition) is 1. The fraction of sp³-hybridized carbons (Fsp3) is 0.250. The van der Waals surface area contributed by atoms with Crippen LogP contribution >= 0.6 is 0 Å². The second kappa shape index (κ2) is 6.73. The van der Waals surface area contributed by atoms with Crippen LogP contribution in [0.25, 0.3) is 11.2 Å². The standard InChI is InChI=1S/C16H17N5O4/c1-19-14-13(15(23)20(2)16(19)24)21(10-17-14)8-12(22)18-25-9-11-6-4-3-5-7-11/h3-7,10H,8-9H2,1-2H3,(H,18,22). The van der Waals surface area contributed by atoms with Crippen molar-refractivity contribution >= 4 is 17.1 Å². The zero-order valence-corrected chi connectivity index (χ0v) is 13.8. The number of fused-ring (bicyclic) bond motifs is 1. The number of hydroxylamine groups is 1. The minimum atomic E-state index is -0.506. The molecule has 0 radical (unpaired) electrons. The van der Waals surface area contributed by atoms with E-state index >= 15 is 0 Å². The third-order valence-corrected chi connectivity index (χ3v) is 3.80. The lowest BCUT2D eigenvalue weighted by molar-refractivity contribution is -0.135. The van der Waals surface area contributed by atoms with Gasteiger partial charge >= 0.3 is 5.69 Å². The molecule has 0 aliphatic heterocycles. The summed E-state index contributed by atoms with van der Waals surface area (Å²) in [6.07, 6.45) is 1.35. The Bertz CT molecular complexity index is 1030. The van der Waals surface area contributed by atoms with Crippen molar-refractivity contribution in [1.29, 1.82) is 0 Å². The highest BCUT2D eigenvalue weighted by molar-refractivity contribution is 5.78. The average Bonchev–Trinajstić information content (AvgIpc) is 3.02. The highest BCUT2D eigenvalue weighted by atomic mass is 16.6. The second-order valence-corrected chi connectivity index (χ2v) is 5.55. The molecule has 0 saturated carbocycles. The molecule has 1 amide bonds. The number of benzene rings is 1. The van der Waals surface area contributed by atoms with Crippen molar-refractivity contribution in [1.82, 2.24) is 24.2 Å². The molecule has 9 nitrogen and oxygen atoms in total. The van der Waals surface area contributed by atoms with Gasteiger partial charge in [0.05, 0.1) is 12.9 Å². The predicted molar refractivity (Wildman–Crippen MR) is 89.6 cm³/mol. The smallest absolute Gasteiger partial charge is 0.315 e. The van der Waals surface area contributed by atoms with Gasteiger partial charge in [0.1, 0.15) is 6.54 Å². The number of aryl methyl sites for hydroxylation is 1. The van der Waals surface area contributed by atoms with Gasteiger partial charge in [-0.25, -0.2) is 15.3 Å². The van der Waals surface area contributed by atoms with Crippen molar-refractivity contribution in [3.05, 3.63) is 63.1 Å². The molecule has 9 heteroatoms. The molecule has 0 spiro atoms. The Labute approximate surface area is 142 Å². The molecule has 0 atom stereocenters. The minimum absolute atomic E-state index is 0.154.